The highest BCUT2D eigenvalue weighted by Gasteiger charge is 2.12. The van der Waals surface area contributed by atoms with Crippen LogP contribution in [0.4, 0.5) is 5.69 Å². The van der Waals surface area contributed by atoms with E-state index in [0.717, 1.165) is 5.56 Å². The summed E-state index contributed by atoms with van der Waals surface area (Å²) in [5.41, 5.74) is 2.01. The molecule has 0 aromatic heterocycles. The quantitative estimate of drug-likeness (QED) is 0.591. The van der Waals surface area contributed by atoms with E-state index < -0.39 is 10.0 Å². The molecular formula is C15H21NO4S. The number of methoxy groups -OCH3 is 1. The number of aliphatic hydroxyl groups excluding tert-OH is 1. The van der Waals surface area contributed by atoms with Crippen molar-refractivity contribution in [3.63, 3.8) is 0 Å². The first kappa shape index (κ1) is 17.5. The second kappa shape index (κ2) is 8.67. The van der Waals surface area contributed by atoms with Crippen molar-refractivity contribution < 1.29 is 18.3 Å². The van der Waals surface area contributed by atoms with Crippen molar-refractivity contribution in [1.29, 1.82) is 0 Å². The lowest BCUT2D eigenvalue weighted by atomic mass is 10.1. The van der Waals surface area contributed by atoms with Gasteiger partial charge in [0.05, 0.1) is 18.0 Å². The van der Waals surface area contributed by atoms with E-state index in [4.69, 9.17) is 9.84 Å². The Bertz CT molecular complexity index is 614. The molecule has 0 atom stereocenters. The Morgan fingerprint density at radius 3 is 2.81 bits per heavy atom. The third kappa shape index (κ3) is 6.63. The summed E-state index contributed by atoms with van der Waals surface area (Å²) in [4.78, 5) is 0. The average molecular weight is 311 g/mol. The van der Waals surface area contributed by atoms with Gasteiger partial charge < -0.3 is 9.84 Å². The number of aryl methyl sites for hydroxylation is 1. The summed E-state index contributed by atoms with van der Waals surface area (Å²) < 4.78 is 31.4. The summed E-state index contributed by atoms with van der Waals surface area (Å²) in [7, 11) is -1.89. The molecule has 5 nitrogen and oxygen atoms in total. The maximum absolute atomic E-state index is 12.0. The molecule has 1 aromatic rings. The standard InChI is InChI=1S/C15H21NO4S/c1-13-7-8-14(6-3-4-9-17)15(12-13)16-21(18,19)11-5-10-20-2/h7-8,12,16-17H,4-5,9-11H2,1-2H3. The highest BCUT2D eigenvalue weighted by atomic mass is 32.2. The Morgan fingerprint density at radius 2 is 2.14 bits per heavy atom. The topological polar surface area (TPSA) is 75.6 Å². The van der Waals surface area contributed by atoms with Gasteiger partial charge in [-0.2, -0.15) is 0 Å². The Labute approximate surface area is 126 Å². The van der Waals surface area contributed by atoms with E-state index in [1.807, 2.05) is 13.0 Å². The van der Waals surface area contributed by atoms with Gasteiger partial charge in [-0.3, -0.25) is 4.72 Å². The van der Waals surface area contributed by atoms with E-state index in [-0.39, 0.29) is 12.4 Å². The summed E-state index contributed by atoms with van der Waals surface area (Å²) >= 11 is 0. The van der Waals surface area contributed by atoms with Gasteiger partial charge in [-0.1, -0.05) is 17.9 Å². The number of sulfonamides is 1. The molecule has 0 saturated carbocycles. The van der Waals surface area contributed by atoms with Gasteiger partial charge in [-0.25, -0.2) is 8.42 Å². The van der Waals surface area contributed by atoms with E-state index in [1.54, 1.807) is 12.1 Å². The zero-order chi connectivity index (χ0) is 15.7. The molecule has 0 radical (unpaired) electrons. The van der Waals surface area contributed by atoms with Crippen molar-refractivity contribution in [3.8, 4) is 11.8 Å². The molecule has 0 heterocycles. The summed E-state index contributed by atoms with van der Waals surface area (Å²) in [6.45, 7) is 2.27. The maximum Gasteiger partial charge on any atom is 0.232 e. The molecule has 0 aliphatic rings. The van der Waals surface area contributed by atoms with Crippen LogP contribution in [-0.2, 0) is 14.8 Å². The lowest BCUT2D eigenvalue weighted by Gasteiger charge is -2.10. The molecule has 0 bridgehead atoms. The smallest absolute Gasteiger partial charge is 0.232 e. The van der Waals surface area contributed by atoms with Crippen molar-refractivity contribution >= 4 is 15.7 Å². The minimum atomic E-state index is -3.42. The predicted molar refractivity (Wildman–Crippen MR) is 83.7 cm³/mol. The minimum absolute atomic E-state index is 0.00170. The monoisotopic (exact) mass is 311 g/mol. The van der Waals surface area contributed by atoms with Crippen LogP contribution >= 0.6 is 0 Å². The van der Waals surface area contributed by atoms with Crippen LogP contribution in [0, 0.1) is 18.8 Å². The average Bonchev–Trinajstić information content (AvgIpc) is 2.41. The molecule has 0 spiro atoms. The molecule has 0 unspecified atom stereocenters. The molecule has 1 rings (SSSR count). The van der Waals surface area contributed by atoms with Gasteiger partial charge in [0.1, 0.15) is 0 Å². The third-order valence-corrected chi connectivity index (χ3v) is 4.02. The Balaban J connectivity index is 2.91. The fraction of sp³-hybridized carbons (Fsp3) is 0.467. The molecule has 0 fully saturated rings. The molecule has 0 saturated heterocycles. The molecule has 0 aliphatic heterocycles. The van der Waals surface area contributed by atoms with E-state index in [0.29, 0.717) is 30.7 Å². The van der Waals surface area contributed by atoms with E-state index in [2.05, 4.69) is 16.6 Å². The fourth-order valence-electron chi connectivity index (χ4n) is 1.68. The molecule has 1 aromatic carbocycles. The van der Waals surface area contributed by atoms with Crippen LogP contribution in [0.5, 0.6) is 0 Å². The zero-order valence-electron chi connectivity index (χ0n) is 12.3. The Hall–Kier alpha value is -1.55. The Kier molecular flexibility index (Phi) is 7.23. The lowest BCUT2D eigenvalue weighted by Crippen LogP contribution is -2.18. The summed E-state index contributed by atoms with van der Waals surface area (Å²) in [5, 5.41) is 8.74. The van der Waals surface area contributed by atoms with Gasteiger partial charge >= 0.3 is 0 Å². The number of aliphatic hydroxyl groups is 1. The van der Waals surface area contributed by atoms with Crippen molar-refractivity contribution in [3.05, 3.63) is 29.3 Å². The predicted octanol–water partition coefficient (Wildman–Crippen LogP) is 1.51. The van der Waals surface area contributed by atoms with Crippen LogP contribution in [0.25, 0.3) is 0 Å². The number of ether oxygens (including phenoxy) is 1. The van der Waals surface area contributed by atoms with Gasteiger partial charge in [-0.15, -0.1) is 0 Å². The highest BCUT2D eigenvalue weighted by molar-refractivity contribution is 7.92. The first-order valence-corrected chi connectivity index (χ1v) is 8.33. The molecule has 0 amide bonds. The number of anilines is 1. The fourth-order valence-corrected chi connectivity index (χ4v) is 2.78. The molecule has 21 heavy (non-hydrogen) atoms. The third-order valence-electron chi connectivity index (χ3n) is 2.66. The van der Waals surface area contributed by atoms with E-state index in [9.17, 15) is 8.42 Å². The van der Waals surface area contributed by atoms with Crippen molar-refractivity contribution in [2.75, 3.05) is 30.8 Å². The van der Waals surface area contributed by atoms with E-state index in [1.165, 1.54) is 7.11 Å². The second-order valence-electron chi connectivity index (χ2n) is 4.59. The first-order chi connectivity index (χ1) is 9.98. The maximum atomic E-state index is 12.0. The van der Waals surface area contributed by atoms with E-state index >= 15 is 0 Å². The summed E-state index contributed by atoms with van der Waals surface area (Å²) in [6, 6.07) is 5.38. The largest absolute Gasteiger partial charge is 0.395 e. The van der Waals surface area contributed by atoms with Crippen molar-refractivity contribution in [1.82, 2.24) is 0 Å². The molecular weight excluding hydrogens is 290 g/mol. The van der Waals surface area contributed by atoms with Crippen molar-refractivity contribution in [2.24, 2.45) is 0 Å². The number of hydrogen-bond acceptors (Lipinski definition) is 4. The molecule has 0 aliphatic carbocycles. The van der Waals surface area contributed by atoms with Crippen LogP contribution in [0.2, 0.25) is 0 Å². The highest BCUT2D eigenvalue weighted by Crippen LogP contribution is 2.18. The normalized spacial score (nSPS) is 10.8. The number of nitrogens with one attached hydrogen (secondary N) is 1. The van der Waals surface area contributed by atoms with Gasteiger partial charge in [0.25, 0.3) is 0 Å². The summed E-state index contributed by atoms with van der Waals surface area (Å²) in [5.74, 6) is 5.66. The van der Waals surface area contributed by atoms with Gasteiger partial charge in [0, 0.05) is 25.7 Å². The van der Waals surface area contributed by atoms with Crippen LogP contribution in [-0.4, -0.2) is 39.6 Å². The van der Waals surface area contributed by atoms with Crippen LogP contribution in [0.15, 0.2) is 18.2 Å². The lowest BCUT2D eigenvalue weighted by molar-refractivity contribution is 0.199. The van der Waals surface area contributed by atoms with Crippen LogP contribution in [0.3, 0.4) is 0 Å². The van der Waals surface area contributed by atoms with Gasteiger partial charge in [0.15, 0.2) is 0 Å². The molecule has 6 heteroatoms. The number of rotatable bonds is 7. The van der Waals surface area contributed by atoms with Gasteiger partial charge in [0.2, 0.25) is 10.0 Å². The minimum Gasteiger partial charge on any atom is -0.395 e. The van der Waals surface area contributed by atoms with Crippen LogP contribution < -0.4 is 4.72 Å². The molecule has 2 N–H and O–H groups in total. The van der Waals surface area contributed by atoms with Gasteiger partial charge in [-0.05, 0) is 31.0 Å². The SMILES string of the molecule is COCCCS(=O)(=O)Nc1cc(C)ccc1C#CCCO. The van der Waals surface area contributed by atoms with Crippen LogP contribution in [0.1, 0.15) is 24.0 Å². The number of hydrogen-bond donors (Lipinski definition) is 2. The summed E-state index contributed by atoms with van der Waals surface area (Å²) in [6.07, 6.45) is 0.789. The zero-order valence-corrected chi connectivity index (χ0v) is 13.2. The molecule has 116 valence electrons. The Morgan fingerprint density at radius 1 is 1.38 bits per heavy atom. The second-order valence-corrected chi connectivity index (χ2v) is 6.43. The van der Waals surface area contributed by atoms with Crippen molar-refractivity contribution in [2.45, 2.75) is 19.8 Å². The number of benzene rings is 1. The first-order valence-electron chi connectivity index (χ1n) is 6.68.